The molecule has 0 aliphatic carbocycles. The van der Waals surface area contributed by atoms with Gasteiger partial charge in [-0.3, -0.25) is 5.01 Å². The lowest BCUT2D eigenvalue weighted by atomic mass is 9.95. The maximum absolute atomic E-state index is 14.9. The van der Waals surface area contributed by atoms with Crippen LogP contribution in [-0.2, 0) is 26.6 Å². The maximum Gasteiger partial charge on any atom is 0.359 e. The number of aliphatic hydroxyl groups excluding tert-OH is 1. The number of hydrogen-bond acceptors (Lipinski definition) is 7. The highest BCUT2D eigenvalue weighted by atomic mass is 32.2. The van der Waals surface area contributed by atoms with Gasteiger partial charge in [-0.25, -0.2) is 19.0 Å². The van der Waals surface area contributed by atoms with Crippen molar-refractivity contribution in [3.63, 3.8) is 0 Å². The number of aliphatic hydroxyl groups is 1. The Bertz CT molecular complexity index is 1380. The van der Waals surface area contributed by atoms with E-state index in [9.17, 15) is 18.7 Å². The zero-order valence-electron chi connectivity index (χ0n) is 19.9. The van der Waals surface area contributed by atoms with Gasteiger partial charge in [0.2, 0.25) is 0 Å². The second-order valence-corrected chi connectivity index (χ2v) is 9.47. The largest absolute Gasteiger partial charge is 0.488 e. The van der Waals surface area contributed by atoms with Crippen LogP contribution in [0.15, 0.2) is 95.4 Å². The molecule has 2 unspecified atom stereocenters. The third-order valence-electron chi connectivity index (χ3n) is 6.19. The van der Waals surface area contributed by atoms with Crippen LogP contribution in [0.3, 0.4) is 0 Å². The molecular formula is C28H24F2N2O4S. The molecule has 5 rings (SSSR count). The van der Waals surface area contributed by atoms with Crippen LogP contribution in [0.1, 0.15) is 28.3 Å². The Labute approximate surface area is 217 Å². The van der Waals surface area contributed by atoms with Crippen molar-refractivity contribution in [1.82, 2.24) is 10.4 Å². The van der Waals surface area contributed by atoms with Gasteiger partial charge in [0.05, 0.1) is 13.2 Å². The molecule has 37 heavy (non-hydrogen) atoms. The molecule has 0 radical (unpaired) electrons. The fourth-order valence-electron chi connectivity index (χ4n) is 4.35. The fraction of sp³-hybridized carbons (Fsp3) is 0.179. The SMILES string of the molecule is COC(=O)C1=C(OCc2ccccc2)C(O)C=CN1NC1c2ccccc2SCc2c1ccc(F)c2F. The summed E-state index contributed by atoms with van der Waals surface area (Å²) in [5.74, 6) is -2.30. The Hall–Kier alpha value is -3.66. The van der Waals surface area contributed by atoms with Gasteiger partial charge in [0.1, 0.15) is 12.7 Å². The molecule has 0 saturated carbocycles. The van der Waals surface area contributed by atoms with E-state index in [1.165, 1.54) is 36.2 Å². The van der Waals surface area contributed by atoms with Crippen molar-refractivity contribution >= 4 is 17.7 Å². The normalized spacial score (nSPS) is 18.6. The highest BCUT2D eigenvalue weighted by molar-refractivity contribution is 7.98. The van der Waals surface area contributed by atoms with Crippen LogP contribution in [0, 0.1) is 11.6 Å². The summed E-state index contributed by atoms with van der Waals surface area (Å²) in [5, 5.41) is 12.1. The number of carbonyl (C=O) groups is 1. The Morgan fingerprint density at radius 3 is 2.62 bits per heavy atom. The Kier molecular flexibility index (Phi) is 7.27. The third kappa shape index (κ3) is 4.98. The number of carbonyl (C=O) groups excluding carboxylic acids is 1. The minimum Gasteiger partial charge on any atom is -0.488 e. The number of methoxy groups -OCH3 is 1. The first-order valence-corrected chi connectivity index (χ1v) is 12.6. The van der Waals surface area contributed by atoms with Gasteiger partial charge in [-0.1, -0.05) is 54.6 Å². The van der Waals surface area contributed by atoms with Gasteiger partial charge >= 0.3 is 5.97 Å². The zero-order valence-corrected chi connectivity index (χ0v) is 20.7. The van der Waals surface area contributed by atoms with E-state index in [-0.39, 0.29) is 29.4 Å². The van der Waals surface area contributed by atoms with Gasteiger partial charge in [-0.2, -0.15) is 0 Å². The molecule has 0 saturated heterocycles. The number of esters is 1. The number of nitrogens with zero attached hydrogens (tertiary/aromatic N) is 1. The summed E-state index contributed by atoms with van der Waals surface area (Å²) < 4.78 is 40.0. The van der Waals surface area contributed by atoms with Crippen molar-refractivity contribution in [2.45, 2.75) is 29.4 Å². The standard InChI is InChI=1S/C28H24F2N2O4S/c1-35-28(34)26-27(36-15-17-7-3-2-4-8-17)22(33)13-14-32(26)31-25-18-11-12-21(29)24(30)20(18)16-37-23-10-6-5-9-19(23)25/h2-14,22,25,31,33H,15-16H2,1H3. The van der Waals surface area contributed by atoms with E-state index in [0.29, 0.717) is 5.56 Å². The molecule has 2 aliphatic rings. The molecule has 190 valence electrons. The van der Waals surface area contributed by atoms with Crippen molar-refractivity contribution in [3.8, 4) is 0 Å². The lowest BCUT2D eigenvalue weighted by molar-refractivity contribution is -0.138. The molecular weight excluding hydrogens is 498 g/mol. The average molecular weight is 523 g/mol. The molecule has 3 aromatic rings. The second kappa shape index (κ2) is 10.8. The van der Waals surface area contributed by atoms with Gasteiger partial charge in [0, 0.05) is 22.4 Å². The molecule has 0 fully saturated rings. The molecule has 3 aromatic carbocycles. The topological polar surface area (TPSA) is 71.0 Å². The van der Waals surface area contributed by atoms with Crippen LogP contribution in [0.25, 0.3) is 0 Å². The molecule has 2 atom stereocenters. The number of nitrogens with one attached hydrogen (secondary N) is 1. The smallest absolute Gasteiger partial charge is 0.359 e. The number of fused-ring (bicyclic) bond motifs is 2. The van der Waals surface area contributed by atoms with E-state index < -0.39 is 29.7 Å². The average Bonchev–Trinajstić information content (AvgIpc) is 3.08. The van der Waals surface area contributed by atoms with E-state index in [1.807, 2.05) is 54.6 Å². The van der Waals surface area contributed by atoms with Crippen molar-refractivity contribution < 1.29 is 28.2 Å². The monoisotopic (exact) mass is 522 g/mol. The summed E-state index contributed by atoms with van der Waals surface area (Å²) in [5.41, 5.74) is 5.67. The number of halogens is 2. The minimum absolute atomic E-state index is 0.00694. The molecule has 0 spiro atoms. The van der Waals surface area contributed by atoms with Crippen LogP contribution in [0.2, 0.25) is 0 Å². The Morgan fingerprint density at radius 2 is 1.84 bits per heavy atom. The molecule has 6 nitrogen and oxygen atoms in total. The summed E-state index contributed by atoms with van der Waals surface area (Å²) in [7, 11) is 1.23. The molecule has 2 aliphatic heterocycles. The predicted octanol–water partition coefficient (Wildman–Crippen LogP) is 4.96. The number of benzene rings is 3. The highest BCUT2D eigenvalue weighted by Gasteiger charge is 2.34. The van der Waals surface area contributed by atoms with Crippen molar-refractivity contribution in [2.24, 2.45) is 0 Å². The first-order valence-electron chi connectivity index (χ1n) is 11.6. The summed E-state index contributed by atoms with van der Waals surface area (Å²) >= 11 is 1.41. The van der Waals surface area contributed by atoms with E-state index in [2.05, 4.69) is 5.43 Å². The fourth-order valence-corrected chi connectivity index (χ4v) is 5.47. The number of thioether (sulfide) groups is 1. The van der Waals surface area contributed by atoms with Gasteiger partial charge in [-0.05, 0) is 34.9 Å². The predicted molar refractivity (Wildman–Crippen MR) is 135 cm³/mol. The highest BCUT2D eigenvalue weighted by Crippen LogP contribution is 2.41. The molecule has 0 amide bonds. The number of rotatable bonds is 6. The van der Waals surface area contributed by atoms with Crippen LogP contribution < -0.4 is 5.43 Å². The quantitative estimate of drug-likeness (QED) is 0.444. The van der Waals surface area contributed by atoms with E-state index in [4.69, 9.17) is 9.47 Å². The summed E-state index contributed by atoms with van der Waals surface area (Å²) in [6, 6.07) is 18.9. The van der Waals surface area contributed by atoms with Gasteiger partial charge in [0.15, 0.2) is 23.1 Å². The van der Waals surface area contributed by atoms with Crippen LogP contribution in [-0.4, -0.2) is 29.3 Å². The van der Waals surface area contributed by atoms with Crippen molar-refractivity contribution in [1.29, 1.82) is 0 Å². The summed E-state index contributed by atoms with van der Waals surface area (Å²) in [4.78, 5) is 13.8. The van der Waals surface area contributed by atoms with Gasteiger partial charge < -0.3 is 14.6 Å². The van der Waals surface area contributed by atoms with Crippen LogP contribution >= 0.6 is 11.8 Å². The zero-order chi connectivity index (χ0) is 25.9. The van der Waals surface area contributed by atoms with E-state index in [0.717, 1.165) is 22.1 Å². The first-order chi connectivity index (χ1) is 18.0. The number of ether oxygens (including phenoxy) is 2. The molecule has 0 aromatic heterocycles. The van der Waals surface area contributed by atoms with Crippen molar-refractivity contribution in [3.05, 3.63) is 124 Å². The Morgan fingerprint density at radius 1 is 1.08 bits per heavy atom. The van der Waals surface area contributed by atoms with E-state index >= 15 is 0 Å². The second-order valence-electron chi connectivity index (χ2n) is 8.45. The third-order valence-corrected chi connectivity index (χ3v) is 7.31. The lowest BCUT2D eigenvalue weighted by Gasteiger charge is -2.34. The van der Waals surface area contributed by atoms with Crippen molar-refractivity contribution in [2.75, 3.05) is 7.11 Å². The van der Waals surface area contributed by atoms with E-state index in [1.54, 1.807) is 6.07 Å². The maximum atomic E-state index is 14.9. The summed E-state index contributed by atoms with van der Waals surface area (Å²) in [6.07, 6.45) is 1.77. The number of hydrazine groups is 1. The lowest BCUT2D eigenvalue weighted by Crippen LogP contribution is -2.43. The van der Waals surface area contributed by atoms with Crippen LogP contribution in [0.5, 0.6) is 0 Å². The van der Waals surface area contributed by atoms with Crippen LogP contribution in [0.4, 0.5) is 8.78 Å². The number of hydrogen-bond donors (Lipinski definition) is 2. The van der Waals surface area contributed by atoms with Gasteiger partial charge in [-0.15, -0.1) is 11.8 Å². The van der Waals surface area contributed by atoms with Gasteiger partial charge in [0.25, 0.3) is 0 Å². The Balaban J connectivity index is 1.56. The molecule has 0 bridgehead atoms. The first kappa shape index (κ1) is 25.0. The minimum atomic E-state index is -1.19. The summed E-state index contributed by atoms with van der Waals surface area (Å²) in [6.45, 7) is 0.117. The molecule has 9 heteroatoms. The molecule has 2 heterocycles. The molecule has 2 N–H and O–H groups in total.